The van der Waals surface area contributed by atoms with Crippen molar-refractivity contribution in [1.82, 2.24) is 10.6 Å². The molecule has 11 heteroatoms. The zero-order valence-electron chi connectivity index (χ0n) is 20.2. The Morgan fingerprint density at radius 2 is 1.29 bits per heavy atom. The SMILES string of the molecule is COC(=O)C(C(=O)OC)[C@H](C)[C@H](NC(=O)[C@H](NC(=O)OCc1ccccc1)C(C)C)C(=O)OC. The second-order valence-corrected chi connectivity index (χ2v) is 7.82. The first-order valence-corrected chi connectivity index (χ1v) is 10.6. The fourth-order valence-electron chi connectivity index (χ4n) is 3.17. The van der Waals surface area contributed by atoms with Gasteiger partial charge in [0, 0.05) is 5.92 Å². The fraction of sp³-hybridized carbons (Fsp3) is 0.522. The monoisotopic (exact) mass is 480 g/mol. The summed E-state index contributed by atoms with van der Waals surface area (Å²) in [4.78, 5) is 62.1. The smallest absolute Gasteiger partial charge is 0.408 e. The van der Waals surface area contributed by atoms with Crippen molar-refractivity contribution in [2.24, 2.45) is 17.8 Å². The first-order chi connectivity index (χ1) is 16.1. The predicted molar refractivity (Wildman–Crippen MR) is 119 cm³/mol. The molecule has 34 heavy (non-hydrogen) atoms. The van der Waals surface area contributed by atoms with Gasteiger partial charge in [0.15, 0.2) is 5.92 Å². The van der Waals surface area contributed by atoms with Crippen LogP contribution in [-0.4, -0.2) is 63.3 Å². The molecule has 0 fully saturated rings. The molecule has 0 aromatic heterocycles. The molecule has 0 aliphatic heterocycles. The minimum Gasteiger partial charge on any atom is -0.468 e. The molecule has 0 unspecified atom stereocenters. The summed E-state index contributed by atoms with van der Waals surface area (Å²) in [5.41, 5.74) is 0.763. The molecule has 1 rings (SSSR count). The lowest BCUT2D eigenvalue weighted by molar-refractivity contribution is -0.163. The standard InChI is InChI=1S/C23H32N2O9/c1-13(2)17(25-23(30)34-12-15-10-8-7-9-11-15)19(26)24-18(22(29)33-6)14(3)16(20(27)31-4)21(28)32-5/h7-11,13-14,16-18H,12H2,1-6H3,(H,24,26)(H,25,30)/t14-,17+,18-/m0/s1. The minimum atomic E-state index is -1.50. The quantitative estimate of drug-likeness (QED) is 0.271. The van der Waals surface area contributed by atoms with Crippen LogP contribution < -0.4 is 10.6 Å². The van der Waals surface area contributed by atoms with Gasteiger partial charge in [-0.2, -0.15) is 0 Å². The summed E-state index contributed by atoms with van der Waals surface area (Å²) in [5.74, 6) is -6.49. The van der Waals surface area contributed by atoms with Crippen molar-refractivity contribution in [2.45, 2.75) is 39.5 Å². The van der Waals surface area contributed by atoms with Crippen LogP contribution in [0.3, 0.4) is 0 Å². The average Bonchev–Trinajstić information content (AvgIpc) is 2.83. The number of carbonyl (C=O) groups excluding carboxylic acids is 5. The number of nitrogens with one attached hydrogen (secondary N) is 2. The molecule has 0 saturated carbocycles. The van der Waals surface area contributed by atoms with E-state index in [9.17, 15) is 24.0 Å². The molecule has 0 radical (unpaired) electrons. The summed E-state index contributed by atoms with van der Waals surface area (Å²) in [6.07, 6.45) is -0.831. The van der Waals surface area contributed by atoms with Crippen LogP contribution in [-0.2, 0) is 44.7 Å². The van der Waals surface area contributed by atoms with Crippen molar-refractivity contribution < 1.29 is 42.9 Å². The lowest BCUT2D eigenvalue weighted by Gasteiger charge is -2.29. The fourth-order valence-corrected chi connectivity index (χ4v) is 3.17. The van der Waals surface area contributed by atoms with Crippen LogP contribution in [0.2, 0.25) is 0 Å². The molecular formula is C23H32N2O9. The highest BCUT2D eigenvalue weighted by molar-refractivity contribution is 5.97. The topological polar surface area (TPSA) is 146 Å². The van der Waals surface area contributed by atoms with E-state index in [0.29, 0.717) is 0 Å². The Morgan fingerprint density at radius 1 is 0.765 bits per heavy atom. The van der Waals surface area contributed by atoms with Gasteiger partial charge in [-0.05, 0) is 11.5 Å². The Kier molecular flexibility index (Phi) is 11.5. The number of benzene rings is 1. The molecule has 0 aliphatic rings. The van der Waals surface area contributed by atoms with Crippen molar-refractivity contribution in [3.8, 4) is 0 Å². The van der Waals surface area contributed by atoms with Crippen LogP contribution in [0.15, 0.2) is 30.3 Å². The van der Waals surface area contributed by atoms with Gasteiger partial charge in [-0.15, -0.1) is 0 Å². The maximum atomic E-state index is 13.0. The molecule has 0 bridgehead atoms. The van der Waals surface area contributed by atoms with E-state index in [4.69, 9.17) is 9.47 Å². The Morgan fingerprint density at radius 3 is 1.76 bits per heavy atom. The molecule has 11 nitrogen and oxygen atoms in total. The number of amides is 2. The van der Waals surface area contributed by atoms with E-state index >= 15 is 0 Å². The van der Waals surface area contributed by atoms with Crippen LogP contribution in [0.25, 0.3) is 0 Å². The number of alkyl carbamates (subject to hydrolysis) is 1. The summed E-state index contributed by atoms with van der Waals surface area (Å²) in [6.45, 7) is 4.77. The third-order valence-corrected chi connectivity index (χ3v) is 5.15. The summed E-state index contributed by atoms with van der Waals surface area (Å²) in [5, 5.41) is 4.94. The molecule has 3 atom stereocenters. The molecule has 0 aliphatic carbocycles. The van der Waals surface area contributed by atoms with E-state index in [0.717, 1.165) is 26.9 Å². The van der Waals surface area contributed by atoms with Gasteiger partial charge in [0.05, 0.1) is 21.3 Å². The zero-order valence-corrected chi connectivity index (χ0v) is 20.2. The van der Waals surface area contributed by atoms with Gasteiger partial charge in [0.25, 0.3) is 0 Å². The molecule has 0 spiro atoms. The first-order valence-electron chi connectivity index (χ1n) is 10.6. The second-order valence-electron chi connectivity index (χ2n) is 7.82. The zero-order chi connectivity index (χ0) is 25.8. The number of methoxy groups -OCH3 is 3. The Bertz CT molecular complexity index is 841. The number of esters is 3. The van der Waals surface area contributed by atoms with E-state index in [-0.39, 0.29) is 6.61 Å². The Hall–Kier alpha value is -3.63. The number of ether oxygens (including phenoxy) is 4. The van der Waals surface area contributed by atoms with Gasteiger partial charge >= 0.3 is 24.0 Å². The second kappa shape index (κ2) is 13.8. The van der Waals surface area contributed by atoms with Gasteiger partial charge in [-0.3, -0.25) is 14.4 Å². The normalized spacial score (nSPS) is 13.3. The highest BCUT2D eigenvalue weighted by Crippen LogP contribution is 2.21. The van der Waals surface area contributed by atoms with Crippen LogP contribution in [0.5, 0.6) is 0 Å². The van der Waals surface area contributed by atoms with Crippen molar-refractivity contribution in [1.29, 1.82) is 0 Å². The van der Waals surface area contributed by atoms with Crippen LogP contribution in [0, 0.1) is 17.8 Å². The van der Waals surface area contributed by atoms with Gasteiger partial charge in [-0.1, -0.05) is 51.1 Å². The molecular weight excluding hydrogens is 448 g/mol. The average molecular weight is 481 g/mol. The van der Waals surface area contributed by atoms with Crippen molar-refractivity contribution in [3.05, 3.63) is 35.9 Å². The van der Waals surface area contributed by atoms with E-state index in [1.165, 1.54) is 6.92 Å². The van der Waals surface area contributed by atoms with E-state index in [2.05, 4.69) is 20.1 Å². The van der Waals surface area contributed by atoms with E-state index < -0.39 is 59.7 Å². The number of hydrogen-bond donors (Lipinski definition) is 2. The lowest BCUT2D eigenvalue weighted by atomic mass is 9.86. The summed E-state index contributed by atoms with van der Waals surface area (Å²) in [7, 11) is 3.26. The minimum absolute atomic E-state index is 0.000859. The largest absolute Gasteiger partial charge is 0.468 e. The lowest BCUT2D eigenvalue weighted by Crippen LogP contribution is -2.57. The van der Waals surface area contributed by atoms with Crippen molar-refractivity contribution >= 4 is 29.9 Å². The van der Waals surface area contributed by atoms with E-state index in [1.807, 2.05) is 6.07 Å². The first kappa shape index (κ1) is 28.4. The molecule has 0 heterocycles. The van der Waals surface area contributed by atoms with E-state index in [1.54, 1.807) is 38.1 Å². The van der Waals surface area contributed by atoms with Crippen molar-refractivity contribution in [3.63, 3.8) is 0 Å². The molecule has 1 aromatic rings. The maximum absolute atomic E-state index is 13.0. The molecule has 2 N–H and O–H groups in total. The van der Waals surface area contributed by atoms with Crippen LogP contribution in [0.4, 0.5) is 4.79 Å². The summed E-state index contributed by atoms with van der Waals surface area (Å²) < 4.78 is 19.2. The highest BCUT2D eigenvalue weighted by Gasteiger charge is 2.43. The Labute approximate surface area is 198 Å². The summed E-state index contributed by atoms with van der Waals surface area (Å²) >= 11 is 0. The number of carbonyl (C=O) groups is 5. The third kappa shape index (κ3) is 8.05. The Balaban J connectivity index is 3.00. The molecule has 2 amide bonds. The molecule has 1 aromatic carbocycles. The van der Waals surface area contributed by atoms with Gasteiger partial charge < -0.3 is 29.6 Å². The van der Waals surface area contributed by atoms with Gasteiger partial charge in [0.1, 0.15) is 18.7 Å². The van der Waals surface area contributed by atoms with Gasteiger partial charge in [0.2, 0.25) is 5.91 Å². The van der Waals surface area contributed by atoms with Crippen molar-refractivity contribution in [2.75, 3.05) is 21.3 Å². The van der Waals surface area contributed by atoms with Gasteiger partial charge in [-0.25, -0.2) is 9.59 Å². The summed E-state index contributed by atoms with van der Waals surface area (Å²) in [6, 6.07) is 6.48. The molecule has 0 saturated heterocycles. The van der Waals surface area contributed by atoms with Crippen LogP contribution >= 0.6 is 0 Å². The maximum Gasteiger partial charge on any atom is 0.408 e. The van der Waals surface area contributed by atoms with Crippen LogP contribution in [0.1, 0.15) is 26.3 Å². The molecule has 188 valence electrons. The highest BCUT2D eigenvalue weighted by atomic mass is 16.6. The third-order valence-electron chi connectivity index (χ3n) is 5.15. The predicted octanol–water partition coefficient (Wildman–Crippen LogP) is 1.19. The number of hydrogen-bond acceptors (Lipinski definition) is 9. The number of rotatable bonds is 11.